The molecule has 1 heterocycles. The third kappa shape index (κ3) is 4.77. The highest BCUT2D eigenvalue weighted by molar-refractivity contribution is 6.42. The van der Waals surface area contributed by atoms with Crippen molar-refractivity contribution < 1.29 is 37.7 Å². The van der Waals surface area contributed by atoms with Gasteiger partial charge in [0.25, 0.3) is 11.8 Å². The second-order valence-corrected chi connectivity index (χ2v) is 10.2. The molecule has 0 radical (unpaired) electrons. The molecule has 0 unspecified atom stereocenters. The molecule has 3 saturated carbocycles. The zero-order valence-corrected chi connectivity index (χ0v) is 20.3. The van der Waals surface area contributed by atoms with Crippen LogP contribution in [0.1, 0.15) is 42.5 Å². The summed E-state index contributed by atoms with van der Waals surface area (Å²) in [5, 5.41) is 17.5. The zero-order chi connectivity index (χ0) is 25.7. The standard InChI is InChI=1S/C24H22Cl2F2N2O6/c25-15-3-2-14(10-16(15)26)34-12-20(32)29-23-7-5-22(6-8-23,11-19(23)31)30-21(33)13-1-4-17-18(9-13)36-24(27,28)35-17/h1-4,9-10,19,31H,5-8,11-12H2,(H,29,32)(H,30,33)/t19-,22?,23?/m0/s1. The van der Waals surface area contributed by atoms with E-state index in [1.165, 1.54) is 24.3 Å². The average molecular weight is 543 g/mol. The minimum Gasteiger partial charge on any atom is -0.484 e. The number of alkyl halides is 2. The van der Waals surface area contributed by atoms with Crippen molar-refractivity contribution in [1.29, 1.82) is 0 Å². The first-order valence-corrected chi connectivity index (χ1v) is 12.0. The van der Waals surface area contributed by atoms with Crippen LogP contribution in [0.25, 0.3) is 0 Å². The van der Waals surface area contributed by atoms with E-state index in [4.69, 9.17) is 27.9 Å². The van der Waals surface area contributed by atoms with Crippen molar-refractivity contribution in [3.8, 4) is 17.2 Å². The van der Waals surface area contributed by atoms with Crippen molar-refractivity contribution in [2.24, 2.45) is 0 Å². The van der Waals surface area contributed by atoms with Gasteiger partial charge in [0.05, 0.1) is 21.7 Å². The van der Waals surface area contributed by atoms with E-state index in [-0.39, 0.29) is 30.1 Å². The summed E-state index contributed by atoms with van der Waals surface area (Å²) in [7, 11) is 0. The summed E-state index contributed by atoms with van der Waals surface area (Å²) in [6.45, 7) is -0.266. The van der Waals surface area contributed by atoms with Crippen LogP contribution in [0.15, 0.2) is 36.4 Å². The topological polar surface area (TPSA) is 106 Å². The number of aliphatic hydroxyl groups excluding tert-OH is 1. The number of hydrogen-bond acceptors (Lipinski definition) is 6. The summed E-state index contributed by atoms with van der Waals surface area (Å²) >= 11 is 11.8. The van der Waals surface area contributed by atoms with Crippen molar-refractivity contribution in [3.05, 3.63) is 52.0 Å². The van der Waals surface area contributed by atoms with Crippen molar-refractivity contribution in [2.45, 2.75) is 55.6 Å². The summed E-state index contributed by atoms with van der Waals surface area (Å²) in [5.41, 5.74) is -1.37. The lowest BCUT2D eigenvalue weighted by molar-refractivity contribution is -0.286. The monoisotopic (exact) mass is 542 g/mol. The van der Waals surface area contributed by atoms with E-state index in [0.29, 0.717) is 41.5 Å². The lowest BCUT2D eigenvalue weighted by Gasteiger charge is -2.56. The van der Waals surface area contributed by atoms with E-state index in [0.717, 1.165) is 0 Å². The first-order chi connectivity index (χ1) is 17.0. The quantitative estimate of drug-likeness (QED) is 0.508. The van der Waals surface area contributed by atoms with Gasteiger partial charge in [0.1, 0.15) is 5.75 Å². The first kappa shape index (κ1) is 24.9. The van der Waals surface area contributed by atoms with Crippen molar-refractivity contribution in [1.82, 2.24) is 10.6 Å². The first-order valence-electron chi connectivity index (χ1n) is 11.3. The number of carbonyl (C=O) groups is 2. The van der Waals surface area contributed by atoms with Gasteiger partial charge in [-0.1, -0.05) is 23.2 Å². The van der Waals surface area contributed by atoms with Crippen molar-refractivity contribution >= 4 is 35.0 Å². The normalized spacial score (nSPS) is 27.4. The van der Waals surface area contributed by atoms with Crippen LogP contribution in [0.3, 0.4) is 0 Å². The Hall–Kier alpha value is -2.82. The number of aliphatic hydroxyl groups is 1. The predicted octanol–water partition coefficient (Wildman–Crippen LogP) is 4.06. The van der Waals surface area contributed by atoms with Crippen LogP contribution in [0.5, 0.6) is 17.2 Å². The van der Waals surface area contributed by atoms with Crippen LogP contribution in [-0.2, 0) is 4.79 Å². The number of halogens is 4. The molecule has 3 fully saturated rings. The smallest absolute Gasteiger partial charge is 0.484 e. The summed E-state index contributed by atoms with van der Waals surface area (Å²) in [5.74, 6) is -0.849. The Bertz CT molecular complexity index is 1220. The van der Waals surface area contributed by atoms with Crippen LogP contribution >= 0.6 is 23.2 Å². The fourth-order valence-corrected chi connectivity index (χ4v) is 5.38. The number of nitrogens with one attached hydrogen (secondary N) is 2. The maximum Gasteiger partial charge on any atom is 0.586 e. The zero-order valence-electron chi connectivity index (χ0n) is 18.8. The summed E-state index contributed by atoms with van der Waals surface area (Å²) in [6.07, 6.45) is -2.51. The number of benzene rings is 2. The van der Waals surface area contributed by atoms with Crippen LogP contribution in [0.4, 0.5) is 8.78 Å². The highest BCUT2D eigenvalue weighted by atomic mass is 35.5. The molecule has 1 aliphatic heterocycles. The van der Waals surface area contributed by atoms with E-state index in [1.54, 1.807) is 12.1 Å². The molecule has 6 rings (SSSR count). The van der Waals surface area contributed by atoms with E-state index < -0.39 is 35.3 Å². The van der Waals surface area contributed by atoms with E-state index in [9.17, 15) is 23.5 Å². The molecule has 8 nitrogen and oxygen atoms in total. The van der Waals surface area contributed by atoms with Crippen molar-refractivity contribution in [3.63, 3.8) is 0 Å². The largest absolute Gasteiger partial charge is 0.586 e. The Morgan fingerprint density at radius 2 is 1.72 bits per heavy atom. The second-order valence-electron chi connectivity index (χ2n) is 9.35. The number of amides is 2. The maximum atomic E-state index is 13.3. The molecule has 0 saturated heterocycles. The molecule has 1 atom stereocenters. The van der Waals surface area contributed by atoms with Crippen LogP contribution in [-0.4, -0.2) is 47.0 Å². The Morgan fingerprint density at radius 1 is 1.00 bits per heavy atom. The molecule has 2 bridgehead atoms. The average Bonchev–Trinajstić information content (AvgIpc) is 3.14. The molecule has 3 aliphatic carbocycles. The molecule has 2 aromatic rings. The molecular weight excluding hydrogens is 521 g/mol. The minimum absolute atomic E-state index is 0.133. The van der Waals surface area contributed by atoms with Gasteiger partial charge >= 0.3 is 6.29 Å². The predicted molar refractivity (Wildman–Crippen MR) is 125 cm³/mol. The third-order valence-electron chi connectivity index (χ3n) is 7.01. The van der Waals surface area contributed by atoms with Gasteiger partial charge in [0.15, 0.2) is 18.1 Å². The molecule has 2 aromatic carbocycles. The molecule has 36 heavy (non-hydrogen) atoms. The van der Waals surface area contributed by atoms with E-state index in [1.807, 2.05) is 0 Å². The maximum absolute atomic E-state index is 13.3. The van der Waals surface area contributed by atoms with Gasteiger partial charge in [0.2, 0.25) is 0 Å². The molecular formula is C24H22Cl2F2N2O6. The Labute approximate surface area is 214 Å². The Kier molecular flexibility index (Phi) is 6.17. The fourth-order valence-electron chi connectivity index (χ4n) is 5.09. The lowest BCUT2D eigenvalue weighted by atomic mass is 9.60. The van der Waals surface area contributed by atoms with Gasteiger partial charge in [-0.05, 0) is 62.4 Å². The van der Waals surface area contributed by atoms with Crippen LogP contribution < -0.4 is 24.8 Å². The van der Waals surface area contributed by atoms with Gasteiger partial charge in [-0.2, -0.15) is 0 Å². The summed E-state index contributed by atoms with van der Waals surface area (Å²) < 4.78 is 40.8. The molecule has 12 heteroatoms. The van der Waals surface area contributed by atoms with Crippen LogP contribution in [0.2, 0.25) is 10.0 Å². The summed E-state index contributed by atoms with van der Waals surface area (Å²) in [4.78, 5) is 25.5. The van der Waals surface area contributed by atoms with Gasteiger partial charge in [-0.3, -0.25) is 9.59 Å². The second kappa shape index (κ2) is 8.93. The molecule has 0 spiro atoms. The lowest BCUT2D eigenvalue weighted by Crippen LogP contribution is -2.70. The number of hydrogen-bond donors (Lipinski definition) is 3. The molecule has 192 valence electrons. The van der Waals surface area contributed by atoms with Gasteiger partial charge < -0.3 is 30.0 Å². The molecule has 3 N–H and O–H groups in total. The number of carbonyl (C=O) groups excluding carboxylic acids is 2. The van der Waals surface area contributed by atoms with Gasteiger partial charge in [-0.15, -0.1) is 8.78 Å². The van der Waals surface area contributed by atoms with Crippen molar-refractivity contribution in [2.75, 3.05) is 6.61 Å². The molecule has 4 aliphatic rings. The molecule has 2 amide bonds. The number of fused-ring (bicyclic) bond motifs is 4. The Morgan fingerprint density at radius 3 is 2.42 bits per heavy atom. The van der Waals surface area contributed by atoms with Gasteiger partial charge in [-0.25, -0.2) is 0 Å². The highest BCUT2D eigenvalue weighted by Crippen LogP contribution is 2.47. The van der Waals surface area contributed by atoms with Gasteiger partial charge in [0, 0.05) is 17.2 Å². The SMILES string of the molecule is O=C(COc1ccc(Cl)c(Cl)c1)NC12CCC(NC(=O)c3ccc4c(c3)OC(F)(F)O4)(CC1)C[C@@H]2O. The van der Waals surface area contributed by atoms with E-state index >= 15 is 0 Å². The highest BCUT2D eigenvalue weighted by Gasteiger charge is 2.55. The minimum atomic E-state index is -3.77. The number of rotatable bonds is 6. The summed E-state index contributed by atoms with van der Waals surface area (Å²) in [6, 6.07) is 8.49. The molecule has 0 aromatic heterocycles. The Balaban J connectivity index is 1.18. The third-order valence-corrected chi connectivity index (χ3v) is 7.75. The number of ether oxygens (including phenoxy) is 3. The van der Waals surface area contributed by atoms with Crippen LogP contribution in [0, 0.1) is 0 Å². The van der Waals surface area contributed by atoms with E-state index in [2.05, 4.69) is 20.1 Å². The fraction of sp³-hybridized carbons (Fsp3) is 0.417.